The van der Waals surface area contributed by atoms with Gasteiger partial charge in [-0.15, -0.1) is 0 Å². The van der Waals surface area contributed by atoms with Gasteiger partial charge < -0.3 is 25.7 Å². The highest BCUT2D eigenvalue weighted by Gasteiger charge is 2.26. The molecule has 4 N–H and O–H groups in total. The van der Waals surface area contributed by atoms with Crippen LogP contribution in [0.3, 0.4) is 0 Å². The first-order chi connectivity index (χ1) is 17.7. The predicted octanol–water partition coefficient (Wildman–Crippen LogP) is 4.01. The maximum Gasteiger partial charge on any atom is 0.253 e. The van der Waals surface area contributed by atoms with Crippen molar-refractivity contribution in [3.63, 3.8) is 0 Å². The fourth-order valence-electron chi connectivity index (χ4n) is 4.21. The van der Waals surface area contributed by atoms with Crippen LogP contribution in [0.25, 0.3) is 0 Å². The average molecular weight is 513 g/mol. The summed E-state index contributed by atoms with van der Waals surface area (Å²) < 4.78 is 5.20. The van der Waals surface area contributed by atoms with Gasteiger partial charge >= 0.3 is 0 Å². The predicted molar refractivity (Wildman–Crippen MR) is 146 cm³/mol. The Labute approximate surface area is 221 Å². The second-order valence-corrected chi connectivity index (χ2v) is 10.2. The van der Waals surface area contributed by atoms with E-state index in [4.69, 9.17) is 10.2 Å². The fourth-order valence-corrected chi connectivity index (χ4v) is 4.21. The zero-order chi connectivity index (χ0) is 27.4. The first kappa shape index (κ1) is 30.1. The maximum atomic E-state index is 13.3. The van der Waals surface area contributed by atoms with Crippen molar-refractivity contribution in [2.24, 2.45) is 17.6 Å². The van der Waals surface area contributed by atoms with Gasteiger partial charge in [0.2, 0.25) is 5.91 Å². The molecule has 0 saturated heterocycles. The van der Waals surface area contributed by atoms with Crippen LogP contribution >= 0.6 is 0 Å². The SMILES string of the molecule is CCCN(CCC)C(=O)c1cccc(C(=O)N[C@@H](Cc2ccoc2)[C@@H](N)C[C@@H](C)C(=O)NCC(C)C)c1. The monoisotopic (exact) mass is 512 g/mol. The topological polar surface area (TPSA) is 118 Å². The number of nitrogens with two attached hydrogens (primary N) is 1. The molecule has 1 aromatic carbocycles. The van der Waals surface area contributed by atoms with Gasteiger partial charge in [0.1, 0.15) is 0 Å². The van der Waals surface area contributed by atoms with Crippen LogP contribution in [0.15, 0.2) is 47.3 Å². The van der Waals surface area contributed by atoms with Gasteiger partial charge in [-0.2, -0.15) is 0 Å². The third kappa shape index (κ3) is 9.69. The van der Waals surface area contributed by atoms with Gasteiger partial charge in [0.25, 0.3) is 11.8 Å². The van der Waals surface area contributed by atoms with Crippen LogP contribution in [0, 0.1) is 11.8 Å². The van der Waals surface area contributed by atoms with Crippen LogP contribution in [-0.2, 0) is 11.2 Å². The number of carbonyl (C=O) groups is 3. The minimum Gasteiger partial charge on any atom is -0.472 e. The van der Waals surface area contributed by atoms with Crippen LogP contribution in [0.2, 0.25) is 0 Å². The minimum atomic E-state index is -0.465. The van der Waals surface area contributed by atoms with Gasteiger partial charge in [-0.3, -0.25) is 14.4 Å². The third-order valence-electron chi connectivity index (χ3n) is 6.27. The quantitative estimate of drug-likeness (QED) is 0.333. The van der Waals surface area contributed by atoms with E-state index in [1.807, 2.05) is 45.6 Å². The summed E-state index contributed by atoms with van der Waals surface area (Å²) in [7, 11) is 0. The summed E-state index contributed by atoms with van der Waals surface area (Å²) in [5.74, 6) is -0.384. The van der Waals surface area contributed by atoms with Crippen molar-refractivity contribution in [3.05, 3.63) is 59.5 Å². The van der Waals surface area contributed by atoms with Crippen molar-refractivity contribution in [2.75, 3.05) is 19.6 Å². The lowest BCUT2D eigenvalue weighted by molar-refractivity contribution is -0.125. The lowest BCUT2D eigenvalue weighted by atomic mass is 9.92. The molecule has 0 unspecified atom stereocenters. The molecule has 1 aromatic heterocycles. The van der Waals surface area contributed by atoms with Crippen molar-refractivity contribution < 1.29 is 18.8 Å². The summed E-state index contributed by atoms with van der Waals surface area (Å²) in [6, 6.07) is 7.74. The molecule has 1 heterocycles. The largest absolute Gasteiger partial charge is 0.472 e. The Hall–Kier alpha value is -3.13. The van der Waals surface area contributed by atoms with Crippen molar-refractivity contribution in [1.82, 2.24) is 15.5 Å². The van der Waals surface area contributed by atoms with Crippen LogP contribution in [0.5, 0.6) is 0 Å². The number of furan rings is 1. The van der Waals surface area contributed by atoms with Crippen LogP contribution in [0.4, 0.5) is 0 Å². The van der Waals surface area contributed by atoms with E-state index in [-0.39, 0.29) is 23.6 Å². The summed E-state index contributed by atoms with van der Waals surface area (Å²) >= 11 is 0. The molecule has 8 nitrogen and oxygen atoms in total. The first-order valence-electron chi connectivity index (χ1n) is 13.4. The molecule has 2 rings (SSSR count). The maximum absolute atomic E-state index is 13.3. The third-order valence-corrected chi connectivity index (χ3v) is 6.27. The first-order valence-corrected chi connectivity index (χ1v) is 13.4. The molecule has 0 aliphatic rings. The Balaban J connectivity index is 2.16. The van der Waals surface area contributed by atoms with Gasteiger partial charge in [-0.1, -0.05) is 40.7 Å². The van der Waals surface area contributed by atoms with Gasteiger partial charge in [-0.25, -0.2) is 0 Å². The summed E-state index contributed by atoms with van der Waals surface area (Å²) in [6.45, 7) is 12.0. The lowest BCUT2D eigenvalue weighted by Gasteiger charge is -2.27. The molecular formula is C29H44N4O4. The molecule has 204 valence electrons. The Kier molecular flexibility index (Phi) is 12.4. The molecule has 0 aliphatic carbocycles. The lowest BCUT2D eigenvalue weighted by Crippen LogP contribution is -2.50. The zero-order valence-electron chi connectivity index (χ0n) is 23.0. The van der Waals surface area contributed by atoms with E-state index in [0.717, 1.165) is 18.4 Å². The van der Waals surface area contributed by atoms with Crippen molar-refractivity contribution >= 4 is 17.7 Å². The van der Waals surface area contributed by atoms with Crippen molar-refractivity contribution in [2.45, 2.75) is 72.4 Å². The van der Waals surface area contributed by atoms with Gasteiger partial charge in [0.05, 0.1) is 12.5 Å². The molecule has 37 heavy (non-hydrogen) atoms. The van der Waals surface area contributed by atoms with E-state index in [9.17, 15) is 14.4 Å². The van der Waals surface area contributed by atoms with E-state index >= 15 is 0 Å². The number of hydrogen-bond donors (Lipinski definition) is 3. The van der Waals surface area contributed by atoms with Gasteiger partial charge in [-0.05, 0) is 61.4 Å². The van der Waals surface area contributed by atoms with Gasteiger partial charge in [0.15, 0.2) is 0 Å². The standard InChI is InChI=1S/C29H44N4O4/c1-6-12-33(13-7-2)29(36)24-10-8-9-23(17-24)28(35)32-26(16-22-11-14-37-19-22)25(30)15-21(5)27(34)31-18-20(3)4/h8-11,14,17,19-21,25-26H,6-7,12-13,15-16,18,30H2,1-5H3,(H,31,34)(H,32,35)/t21-,25+,26+/m1/s1. The Morgan fingerprint density at radius 2 is 1.70 bits per heavy atom. The Morgan fingerprint density at radius 3 is 2.30 bits per heavy atom. The number of rotatable bonds is 15. The summed E-state index contributed by atoms with van der Waals surface area (Å²) in [6.07, 6.45) is 5.81. The van der Waals surface area contributed by atoms with Crippen LogP contribution in [-0.4, -0.2) is 54.3 Å². The molecule has 0 aliphatic heterocycles. The molecule has 0 bridgehead atoms. The highest BCUT2D eigenvalue weighted by Crippen LogP contribution is 2.15. The molecule has 8 heteroatoms. The van der Waals surface area contributed by atoms with E-state index in [0.29, 0.717) is 49.5 Å². The summed E-state index contributed by atoms with van der Waals surface area (Å²) in [5.41, 5.74) is 8.33. The summed E-state index contributed by atoms with van der Waals surface area (Å²) in [4.78, 5) is 40.7. The molecule has 2 aromatic rings. The molecular weight excluding hydrogens is 468 g/mol. The highest BCUT2D eigenvalue weighted by molar-refractivity contribution is 5.99. The summed E-state index contributed by atoms with van der Waals surface area (Å²) in [5, 5.41) is 6.00. The van der Waals surface area contributed by atoms with Crippen LogP contribution < -0.4 is 16.4 Å². The van der Waals surface area contributed by atoms with E-state index in [1.54, 1.807) is 36.8 Å². The van der Waals surface area contributed by atoms with E-state index in [1.165, 1.54) is 0 Å². The van der Waals surface area contributed by atoms with Crippen molar-refractivity contribution in [3.8, 4) is 0 Å². The Bertz CT molecular complexity index is 984. The molecule has 0 spiro atoms. The molecule has 0 fully saturated rings. The minimum absolute atomic E-state index is 0.0486. The van der Waals surface area contributed by atoms with Crippen molar-refractivity contribution in [1.29, 1.82) is 0 Å². The molecule has 0 radical (unpaired) electrons. The van der Waals surface area contributed by atoms with Gasteiger partial charge in [0, 0.05) is 48.8 Å². The normalized spacial score (nSPS) is 13.6. The number of nitrogens with zero attached hydrogens (tertiary/aromatic N) is 1. The zero-order valence-corrected chi connectivity index (χ0v) is 23.0. The Morgan fingerprint density at radius 1 is 1.03 bits per heavy atom. The second kappa shape index (κ2) is 15.2. The number of hydrogen-bond acceptors (Lipinski definition) is 5. The smallest absolute Gasteiger partial charge is 0.253 e. The highest BCUT2D eigenvalue weighted by atomic mass is 16.3. The number of benzene rings is 1. The van der Waals surface area contributed by atoms with E-state index in [2.05, 4.69) is 10.6 Å². The average Bonchev–Trinajstić information content (AvgIpc) is 3.39. The van der Waals surface area contributed by atoms with Crippen LogP contribution in [0.1, 0.15) is 80.2 Å². The number of nitrogens with one attached hydrogen (secondary N) is 2. The fraction of sp³-hybridized carbons (Fsp3) is 0.552. The molecule has 3 amide bonds. The van der Waals surface area contributed by atoms with E-state index < -0.39 is 12.1 Å². The molecule has 3 atom stereocenters. The molecule has 0 saturated carbocycles. The second-order valence-electron chi connectivity index (χ2n) is 10.2. The number of amides is 3. The number of carbonyl (C=O) groups excluding carboxylic acids is 3.